The number of hydrogen-bond donors (Lipinski definition) is 1. The Balaban J connectivity index is 1.38. The monoisotopic (exact) mass is 758 g/mol. The number of carbonyl (C=O) groups is 3. The molecule has 0 aromatic heterocycles. The summed E-state index contributed by atoms with van der Waals surface area (Å²) in [5.74, 6) is -0.929. The molecule has 4 aromatic rings. The third-order valence-corrected chi connectivity index (χ3v) is 10.7. The molecule has 2 aliphatic rings. The van der Waals surface area contributed by atoms with Gasteiger partial charge in [0.05, 0.1) is 20.2 Å². The third kappa shape index (κ3) is 8.32. The minimum Gasteiger partial charge on any atom is -0.508 e. The summed E-state index contributed by atoms with van der Waals surface area (Å²) >= 11 is 5.99. The Morgan fingerprint density at radius 1 is 0.962 bits per heavy atom. The van der Waals surface area contributed by atoms with Gasteiger partial charge in [-0.2, -0.15) is 8.42 Å². The Kier molecular flexibility index (Phi) is 11.4. The van der Waals surface area contributed by atoms with E-state index in [1.165, 1.54) is 53.3 Å². The lowest BCUT2D eigenvalue weighted by atomic mass is 9.98. The predicted molar refractivity (Wildman–Crippen MR) is 197 cm³/mol. The number of nitrogens with zero attached hydrogens (tertiary/aromatic N) is 4. The first kappa shape index (κ1) is 37.4. The number of halogens is 1. The normalized spacial score (nSPS) is 17.7. The van der Waals surface area contributed by atoms with Gasteiger partial charge in [0.2, 0.25) is 17.7 Å². The molecule has 1 N–H and O–H groups in total. The molecule has 53 heavy (non-hydrogen) atoms. The van der Waals surface area contributed by atoms with Crippen LogP contribution in [0.2, 0.25) is 5.02 Å². The van der Waals surface area contributed by atoms with Gasteiger partial charge in [0.15, 0.2) is 11.5 Å². The molecule has 4 aromatic carbocycles. The van der Waals surface area contributed by atoms with Crippen LogP contribution in [0.15, 0.2) is 115 Å². The molecular formula is C39H39ClN4O8S. The number of phenolic OH excluding ortho intramolecular Hbond substituents is 1. The molecule has 14 heteroatoms. The zero-order chi connectivity index (χ0) is 37.7. The number of ether oxygens (including phenoxy) is 1. The zero-order valence-corrected chi connectivity index (χ0v) is 30.6. The van der Waals surface area contributed by atoms with E-state index < -0.39 is 28.2 Å². The van der Waals surface area contributed by atoms with Crippen molar-refractivity contribution < 1.29 is 36.8 Å². The van der Waals surface area contributed by atoms with E-state index in [0.29, 0.717) is 22.6 Å². The van der Waals surface area contributed by atoms with E-state index in [-0.39, 0.29) is 73.0 Å². The topological polar surface area (TPSA) is 137 Å². The first-order valence-electron chi connectivity index (χ1n) is 16.9. The fourth-order valence-corrected chi connectivity index (χ4v) is 7.78. The first-order valence-corrected chi connectivity index (χ1v) is 18.7. The van der Waals surface area contributed by atoms with Crippen molar-refractivity contribution in [1.29, 1.82) is 0 Å². The van der Waals surface area contributed by atoms with Crippen LogP contribution in [-0.2, 0) is 43.9 Å². The summed E-state index contributed by atoms with van der Waals surface area (Å²) in [7, 11) is -2.99. The van der Waals surface area contributed by atoms with E-state index in [4.69, 9.17) is 20.5 Å². The fraction of sp³-hybridized carbons (Fsp3) is 0.256. The zero-order valence-electron chi connectivity index (χ0n) is 29.0. The molecule has 2 aliphatic heterocycles. The summed E-state index contributed by atoms with van der Waals surface area (Å²) in [6.45, 7) is 3.69. The van der Waals surface area contributed by atoms with E-state index in [1.54, 1.807) is 46.4 Å². The molecule has 2 atom stereocenters. The SMILES string of the molecule is C=CCN1CC(=O)N2[C@@H](Cc3ccc(O)cc3)C(=O)N(Cc3cccc(OC)c3OS(=O)(=O)c3ccc(Cl)cc3)C[C@@H]2N1C(=O)CCc1ccccc1. The summed E-state index contributed by atoms with van der Waals surface area (Å²) in [5.41, 5.74) is 1.98. The molecule has 0 saturated carbocycles. The maximum absolute atomic E-state index is 14.5. The number of fused-ring (bicyclic) bond motifs is 1. The predicted octanol–water partition coefficient (Wildman–Crippen LogP) is 4.81. The average Bonchev–Trinajstić information content (AvgIpc) is 3.14. The lowest BCUT2D eigenvalue weighted by molar-refractivity contribution is -0.205. The van der Waals surface area contributed by atoms with Crippen molar-refractivity contribution in [2.75, 3.05) is 26.7 Å². The second kappa shape index (κ2) is 16.1. The molecule has 6 rings (SSSR count). The van der Waals surface area contributed by atoms with Crippen molar-refractivity contribution in [3.8, 4) is 17.2 Å². The van der Waals surface area contributed by atoms with Crippen LogP contribution in [0.25, 0.3) is 0 Å². The molecule has 2 saturated heterocycles. The molecule has 2 fully saturated rings. The highest BCUT2D eigenvalue weighted by atomic mass is 35.5. The maximum atomic E-state index is 14.5. The molecule has 2 heterocycles. The largest absolute Gasteiger partial charge is 0.508 e. The van der Waals surface area contributed by atoms with E-state index in [2.05, 4.69) is 6.58 Å². The molecule has 0 aliphatic carbocycles. The number of rotatable bonds is 13. The van der Waals surface area contributed by atoms with Gasteiger partial charge in [-0.15, -0.1) is 6.58 Å². The average molecular weight is 759 g/mol. The number of aryl methyl sites for hydroxylation is 1. The number of methoxy groups -OCH3 is 1. The van der Waals surface area contributed by atoms with Crippen molar-refractivity contribution in [2.45, 2.75) is 42.9 Å². The Morgan fingerprint density at radius 3 is 2.36 bits per heavy atom. The van der Waals surface area contributed by atoms with Gasteiger partial charge in [-0.25, -0.2) is 10.0 Å². The molecule has 276 valence electrons. The highest BCUT2D eigenvalue weighted by Crippen LogP contribution is 2.37. The lowest BCUT2D eigenvalue weighted by Crippen LogP contribution is -2.75. The number of hydrogen-bond acceptors (Lipinski definition) is 9. The Hall–Kier alpha value is -5.37. The van der Waals surface area contributed by atoms with Gasteiger partial charge >= 0.3 is 10.1 Å². The van der Waals surface area contributed by atoms with Crippen LogP contribution >= 0.6 is 11.6 Å². The number of hydrazine groups is 1. The highest BCUT2D eigenvalue weighted by molar-refractivity contribution is 7.87. The van der Waals surface area contributed by atoms with Gasteiger partial charge in [0.1, 0.15) is 22.9 Å². The number of para-hydroxylation sites is 1. The van der Waals surface area contributed by atoms with E-state index >= 15 is 0 Å². The first-order chi connectivity index (χ1) is 25.5. The van der Waals surface area contributed by atoms with Crippen molar-refractivity contribution in [1.82, 2.24) is 19.8 Å². The van der Waals surface area contributed by atoms with Crippen molar-refractivity contribution in [3.63, 3.8) is 0 Å². The molecule has 0 bridgehead atoms. The van der Waals surface area contributed by atoms with Gasteiger partial charge in [-0.3, -0.25) is 14.4 Å². The van der Waals surface area contributed by atoms with E-state index in [0.717, 1.165) is 5.56 Å². The quantitative estimate of drug-likeness (QED) is 0.151. The number of phenols is 1. The Morgan fingerprint density at radius 2 is 1.68 bits per heavy atom. The molecule has 0 spiro atoms. The van der Waals surface area contributed by atoms with Crippen molar-refractivity contribution >= 4 is 39.4 Å². The molecule has 3 amide bonds. The molecule has 0 radical (unpaired) electrons. The molecule has 0 unspecified atom stereocenters. The van der Waals surface area contributed by atoms with E-state index in [9.17, 15) is 27.9 Å². The van der Waals surface area contributed by atoms with Gasteiger partial charge in [-0.05, 0) is 60.0 Å². The van der Waals surface area contributed by atoms with Gasteiger partial charge < -0.3 is 23.8 Å². The van der Waals surface area contributed by atoms with Crippen LogP contribution in [-0.4, -0.2) is 90.0 Å². The van der Waals surface area contributed by atoms with Crippen LogP contribution in [0.5, 0.6) is 17.2 Å². The third-order valence-electron chi connectivity index (χ3n) is 9.20. The standard InChI is InChI=1S/C39H39ClN4O8S/c1-3-22-42-26-37(47)43-33(23-28-12-17-31(45)18-13-28)39(48)41(25-35(43)44(42)36(46)21-14-27-8-5-4-6-9-27)24-29-10-7-11-34(51-2)38(29)52-53(49,50)32-19-15-30(40)16-20-32/h3-13,15-20,33,35,45H,1,14,21-26H2,2H3/t33-,35-/m0/s1. The Labute approximate surface area is 313 Å². The summed E-state index contributed by atoms with van der Waals surface area (Å²) in [5, 5.41) is 13.5. The number of aromatic hydroxyl groups is 1. The van der Waals surface area contributed by atoms with Crippen LogP contribution in [0.3, 0.4) is 0 Å². The van der Waals surface area contributed by atoms with Crippen LogP contribution in [0.4, 0.5) is 0 Å². The van der Waals surface area contributed by atoms with Gasteiger partial charge in [0, 0.05) is 36.5 Å². The summed E-state index contributed by atoms with van der Waals surface area (Å²) in [6.07, 6.45) is 1.42. The smallest absolute Gasteiger partial charge is 0.339 e. The minimum atomic E-state index is -4.37. The number of carbonyl (C=O) groups excluding carboxylic acids is 3. The van der Waals surface area contributed by atoms with Crippen LogP contribution in [0.1, 0.15) is 23.1 Å². The van der Waals surface area contributed by atoms with Crippen molar-refractivity contribution in [2.24, 2.45) is 0 Å². The lowest BCUT2D eigenvalue weighted by Gasteiger charge is -2.55. The summed E-state index contributed by atoms with van der Waals surface area (Å²) < 4.78 is 38.1. The number of piperazine rings is 1. The number of amides is 3. The minimum absolute atomic E-state index is 0.0478. The molecular weight excluding hydrogens is 720 g/mol. The maximum Gasteiger partial charge on any atom is 0.339 e. The Bertz CT molecular complexity index is 2080. The van der Waals surface area contributed by atoms with Crippen molar-refractivity contribution in [3.05, 3.63) is 131 Å². The van der Waals surface area contributed by atoms with Crippen LogP contribution < -0.4 is 8.92 Å². The van der Waals surface area contributed by atoms with Crippen LogP contribution in [0, 0.1) is 0 Å². The highest BCUT2D eigenvalue weighted by Gasteiger charge is 2.51. The number of benzene rings is 4. The van der Waals surface area contributed by atoms with Gasteiger partial charge in [0.25, 0.3) is 0 Å². The van der Waals surface area contributed by atoms with Gasteiger partial charge in [-0.1, -0.05) is 72.3 Å². The fourth-order valence-electron chi connectivity index (χ4n) is 6.68. The second-order valence-electron chi connectivity index (χ2n) is 12.7. The molecule has 12 nitrogen and oxygen atoms in total. The summed E-state index contributed by atoms with van der Waals surface area (Å²) in [4.78, 5) is 45.6. The second-order valence-corrected chi connectivity index (χ2v) is 14.7. The van der Waals surface area contributed by atoms with E-state index in [1.807, 2.05) is 30.3 Å². The summed E-state index contributed by atoms with van der Waals surface area (Å²) in [6, 6.07) is 25.2.